The van der Waals surface area contributed by atoms with Crippen molar-refractivity contribution in [3.63, 3.8) is 0 Å². The molecular formula is C20H21N3O3S. The minimum atomic E-state index is -0.435. The number of methoxy groups -OCH3 is 1. The summed E-state index contributed by atoms with van der Waals surface area (Å²) < 4.78 is 4.81. The first-order valence-electron chi connectivity index (χ1n) is 8.94. The van der Waals surface area contributed by atoms with Gasteiger partial charge in [-0.1, -0.05) is 18.2 Å². The Morgan fingerprint density at radius 2 is 2.19 bits per heavy atom. The minimum absolute atomic E-state index is 0.211. The van der Waals surface area contributed by atoms with Crippen molar-refractivity contribution in [1.29, 1.82) is 0 Å². The smallest absolute Gasteiger partial charge is 0.348 e. The third-order valence-electron chi connectivity index (χ3n) is 5.21. The van der Waals surface area contributed by atoms with Crippen LogP contribution >= 0.6 is 11.3 Å². The molecule has 0 aliphatic carbocycles. The number of fused-ring (bicyclic) bond motifs is 2. The number of H-pyrrole nitrogens is 1. The highest BCUT2D eigenvalue weighted by molar-refractivity contribution is 7.20. The Bertz CT molecular complexity index is 1090. The molecule has 1 unspecified atom stereocenters. The molecule has 4 rings (SSSR count). The normalized spacial score (nSPS) is 16.4. The third-order valence-corrected chi connectivity index (χ3v) is 6.37. The monoisotopic (exact) mass is 383 g/mol. The number of rotatable bonds is 3. The number of nitrogens with zero attached hydrogens (tertiary/aromatic N) is 2. The molecule has 1 N–H and O–H groups in total. The second kappa shape index (κ2) is 6.81. The molecule has 1 aromatic carbocycles. The predicted octanol–water partition coefficient (Wildman–Crippen LogP) is 3.42. The summed E-state index contributed by atoms with van der Waals surface area (Å²) in [6.07, 6.45) is 2.12. The van der Waals surface area contributed by atoms with E-state index in [1.807, 2.05) is 6.07 Å². The SMILES string of the molecule is COC(=O)c1sc2nc(CN3c4ccccc4CCC3C)[nH]c(=O)c2c1C. The van der Waals surface area contributed by atoms with Crippen LogP contribution in [0.2, 0.25) is 0 Å². The summed E-state index contributed by atoms with van der Waals surface area (Å²) in [5, 5.41) is 0.469. The molecule has 1 aliphatic heterocycles. The van der Waals surface area contributed by atoms with Crippen LogP contribution in [0.15, 0.2) is 29.1 Å². The number of thiophene rings is 1. The van der Waals surface area contributed by atoms with E-state index >= 15 is 0 Å². The van der Waals surface area contributed by atoms with Crippen LogP contribution < -0.4 is 10.5 Å². The van der Waals surface area contributed by atoms with Crippen molar-refractivity contribution < 1.29 is 9.53 Å². The summed E-state index contributed by atoms with van der Waals surface area (Å²) >= 11 is 1.21. The molecule has 0 fully saturated rings. The number of hydrogen-bond acceptors (Lipinski definition) is 6. The third kappa shape index (κ3) is 3.02. The molecule has 2 aromatic heterocycles. The molecule has 3 heterocycles. The van der Waals surface area contributed by atoms with E-state index in [2.05, 4.69) is 40.0 Å². The van der Waals surface area contributed by atoms with Crippen LogP contribution in [-0.4, -0.2) is 29.1 Å². The fourth-order valence-corrected chi connectivity index (χ4v) is 4.83. The van der Waals surface area contributed by atoms with Gasteiger partial charge in [-0.2, -0.15) is 0 Å². The molecule has 0 radical (unpaired) electrons. The number of ether oxygens (including phenoxy) is 1. The summed E-state index contributed by atoms with van der Waals surface area (Å²) in [5.41, 5.74) is 2.92. The number of aryl methyl sites for hydroxylation is 2. The van der Waals surface area contributed by atoms with Gasteiger partial charge in [0, 0.05) is 11.7 Å². The van der Waals surface area contributed by atoms with Gasteiger partial charge >= 0.3 is 5.97 Å². The van der Waals surface area contributed by atoms with Crippen LogP contribution in [0.3, 0.4) is 0 Å². The van der Waals surface area contributed by atoms with E-state index < -0.39 is 5.97 Å². The molecule has 0 saturated heterocycles. The second-order valence-electron chi connectivity index (χ2n) is 6.88. The van der Waals surface area contributed by atoms with Crippen molar-refractivity contribution in [2.45, 2.75) is 39.3 Å². The van der Waals surface area contributed by atoms with E-state index in [0.29, 0.717) is 39.1 Å². The van der Waals surface area contributed by atoms with Gasteiger partial charge < -0.3 is 14.6 Å². The summed E-state index contributed by atoms with van der Waals surface area (Å²) in [4.78, 5) is 35.4. The number of para-hydroxylation sites is 1. The van der Waals surface area contributed by atoms with E-state index in [1.165, 1.54) is 29.7 Å². The Morgan fingerprint density at radius 3 is 2.96 bits per heavy atom. The van der Waals surface area contributed by atoms with Crippen molar-refractivity contribution in [1.82, 2.24) is 9.97 Å². The number of carbonyl (C=O) groups excluding carboxylic acids is 1. The molecule has 1 atom stereocenters. The van der Waals surface area contributed by atoms with Crippen molar-refractivity contribution in [3.8, 4) is 0 Å². The highest BCUT2D eigenvalue weighted by atomic mass is 32.1. The van der Waals surface area contributed by atoms with Gasteiger partial charge in [0.05, 0.1) is 19.0 Å². The standard InChI is InChI=1S/C20H21N3O3S/c1-11-8-9-13-6-4-5-7-14(13)23(11)10-15-21-18(24)16-12(2)17(20(25)26-3)27-19(16)22-15/h4-7,11H,8-10H2,1-3H3,(H,21,22,24). The van der Waals surface area contributed by atoms with Gasteiger partial charge in [-0.15, -0.1) is 11.3 Å². The first-order valence-corrected chi connectivity index (χ1v) is 9.76. The second-order valence-corrected chi connectivity index (χ2v) is 7.88. The zero-order chi connectivity index (χ0) is 19.1. The molecule has 0 bridgehead atoms. The largest absolute Gasteiger partial charge is 0.465 e. The molecule has 1 aliphatic rings. The first kappa shape index (κ1) is 17.7. The number of aromatic amines is 1. The van der Waals surface area contributed by atoms with Crippen LogP contribution in [0.4, 0.5) is 5.69 Å². The van der Waals surface area contributed by atoms with Gasteiger partial charge in [0.25, 0.3) is 5.56 Å². The predicted molar refractivity (Wildman–Crippen MR) is 107 cm³/mol. The Kier molecular flexibility index (Phi) is 4.47. The van der Waals surface area contributed by atoms with Crippen LogP contribution in [0.25, 0.3) is 10.2 Å². The van der Waals surface area contributed by atoms with Gasteiger partial charge in [-0.05, 0) is 43.9 Å². The maximum Gasteiger partial charge on any atom is 0.348 e. The van der Waals surface area contributed by atoms with Crippen molar-refractivity contribution in [2.75, 3.05) is 12.0 Å². The van der Waals surface area contributed by atoms with Gasteiger partial charge in [0.15, 0.2) is 0 Å². The highest BCUT2D eigenvalue weighted by Crippen LogP contribution is 2.32. The number of aromatic nitrogens is 2. The van der Waals surface area contributed by atoms with Crippen molar-refractivity contribution >= 4 is 33.2 Å². The van der Waals surface area contributed by atoms with E-state index in [-0.39, 0.29) is 5.56 Å². The number of carbonyl (C=O) groups is 1. The van der Waals surface area contributed by atoms with E-state index in [9.17, 15) is 9.59 Å². The topological polar surface area (TPSA) is 75.3 Å². The number of hydrogen-bond donors (Lipinski definition) is 1. The Morgan fingerprint density at radius 1 is 1.41 bits per heavy atom. The number of esters is 1. The average Bonchev–Trinajstić information content (AvgIpc) is 3.00. The van der Waals surface area contributed by atoms with Crippen LogP contribution in [0.1, 0.15) is 40.0 Å². The molecular weight excluding hydrogens is 362 g/mol. The van der Waals surface area contributed by atoms with E-state index in [1.54, 1.807) is 6.92 Å². The molecule has 0 spiro atoms. The Labute approximate surface area is 160 Å². The molecule has 3 aromatic rings. The lowest BCUT2D eigenvalue weighted by atomic mass is 9.96. The molecule has 0 saturated carbocycles. The zero-order valence-electron chi connectivity index (χ0n) is 15.5. The fraction of sp³-hybridized carbons (Fsp3) is 0.350. The molecule has 0 amide bonds. The van der Waals surface area contributed by atoms with Gasteiger partial charge in [0.2, 0.25) is 0 Å². The van der Waals surface area contributed by atoms with Gasteiger partial charge in [-0.3, -0.25) is 4.79 Å². The number of nitrogens with one attached hydrogen (secondary N) is 1. The average molecular weight is 383 g/mol. The molecule has 6 nitrogen and oxygen atoms in total. The Hall–Kier alpha value is -2.67. The first-order chi connectivity index (χ1) is 13.0. The summed E-state index contributed by atoms with van der Waals surface area (Å²) in [7, 11) is 1.34. The lowest BCUT2D eigenvalue weighted by Gasteiger charge is -2.36. The summed E-state index contributed by atoms with van der Waals surface area (Å²) in [6.45, 7) is 4.47. The van der Waals surface area contributed by atoms with Crippen LogP contribution in [0, 0.1) is 6.92 Å². The van der Waals surface area contributed by atoms with E-state index in [0.717, 1.165) is 12.8 Å². The molecule has 7 heteroatoms. The van der Waals surface area contributed by atoms with Crippen LogP contribution in [0.5, 0.6) is 0 Å². The Balaban J connectivity index is 1.75. The van der Waals surface area contributed by atoms with E-state index in [4.69, 9.17) is 4.74 Å². The maximum absolute atomic E-state index is 12.7. The summed E-state index contributed by atoms with van der Waals surface area (Å²) in [6, 6.07) is 8.72. The zero-order valence-corrected chi connectivity index (χ0v) is 16.4. The lowest BCUT2D eigenvalue weighted by molar-refractivity contribution is 0.0605. The minimum Gasteiger partial charge on any atom is -0.465 e. The fourth-order valence-electron chi connectivity index (χ4n) is 3.71. The number of benzene rings is 1. The van der Waals surface area contributed by atoms with Crippen molar-refractivity contribution in [2.24, 2.45) is 0 Å². The van der Waals surface area contributed by atoms with Gasteiger partial charge in [-0.25, -0.2) is 9.78 Å². The highest BCUT2D eigenvalue weighted by Gasteiger charge is 2.25. The lowest BCUT2D eigenvalue weighted by Crippen LogP contribution is -2.37. The quantitative estimate of drug-likeness (QED) is 0.702. The van der Waals surface area contributed by atoms with Gasteiger partial charge in [0.1, 0.15) is 15.5 Å². The van der Waals surface area contributed by atoms with Crippen molar-refractivity contribution in [3.05, 3.63) is 56.4 Å². The molecule has 27 heavy (non-hydrogen) atoms. The van der Waals surface area contributed by atoms with Crippen LogP contribution in [-0.2, 0) is 17.7 Å². The maximum atomic E-state index is 12.7. The number of anilines is 1. The molecule has 140 valence electrons. The summed E-state index contributed by atoms with van der Waals surface area (Å²) in [5.74, 6) is 0.170.